The summed E-state index contributed by atoms with van der Waals surface area (Å²) in [5.41, 5.74) is 1.91. The molecule has 0 fully saturated rings. The Balaban J connectivity index is 2.02. The molecule has 0 saturated heterocycles. The van der Waals surface area contributed by atoms with E-state index in [1.807, 2.05) is 45.0 Å². The van der Waals surface area contributed by atoms with E-state index in [1.54, 1.807) is 25.1 Å². The zero-order chi connectivity index (χ0) is 27.9. The summed E-state index contributed by atoms with van der Waals surface area (Å²) in [5, 5.41) is 2.91. The van der Waals surface area contributed by atoms with Crippen LogP contribution in [-0.2, 0) is 26.2 Å². The van der Waals surface area contributed by atoms with Crippen molar-refractivity contribution in [1.29, 1.82) is 0 Å². The van der Waals surface area contributed by atoms with E-state index in [2.05, 4.69) is 5.32 Å². The summed E-state index contributed by atoms with van der Waals surface area (Å²) in [5.74, 6) is -1.43. The number of halogens is 1. The number of hydrogen-bond acceptors (Lipinski definition) is 4. The molecule has 0 aliphatic rings. The van der Waals surface area contributed by atoms with Gasteiger partial charge in [-0.25, -0.2) is 12.8 Å². The van der Waals surface area contributed by atoms with E-state index in [9.17, 15) is 22.4 Å². The van der Waals surface area contributed by atoms with E-state index < -0.39 is 34.3 Å². The Morgan fingerprint density at radius 3 is 2.13 bits per heavy atom. The predicted octanol–water partition coefficient (Wildman–Crippen LogP) is 4.66. The molecule has 38 heavy (non-hydrogen) atoms. The zero-order valence-corrected chi connectivity index (χ0v) is 22.9. The van der Waals surface area contributed by atoms with Gasteiger partial charge in [-0.2, -0.15) is 0 Å². The maximum Gasteiger partial charge on any atom is 0.264 e. The van der Waals surface area contributed by atoms with Crippen LogP contribution in [-0.4, -0.2) is 43.8 Å². The fraction of sp³-hybridized carbons (Fsp3) is 0.310. The van der Waals surface area contributed by atoms with Crippen LogP contribution in [0.1, 0.15) is 38.3 Å². The smallest absolute Gasteiger partial charge is 0.264 e. The fourth-order valence-electron chi connectivity index (χ4n) is 3.87. The van der Waals surface area contributed by atoms with Crippen molar-refractivity contribution in [3.8, 4) is 0 Å². The van der Waals surface area contributed by atoms with Crippen molar-refractivity contribution in [3.05, 3.63) is 95.8 Å². The number of hydrogen-bond donors (Lipinski definition) is 1. The number of amides is 2. The van der Waals surface area contributed by atoms with E-state index >= 15 is 0 Å². The Kier molecular flexibility index (Phi) is 9.63. The van der Waals surface area contributed by atoms with E-state index in [0.29, 0.717) is 0 Å². The van der Waals surface area contributed by atoms with Gasteiger partial charge in [0.05, 0.1) is 10.6 Å². The molecular formula is C29H34FN3O4S. The second-order valence-corrected chi connectivity index (χ2v) is 11.1. The Hall–Kier alpha value is -3.72. The van der Waals surface area contributed by atoms with E-state index in [-0.39, 0.29) is 29.1 Å². The largest absolute Gasteiger partial charge is 0.352 e. The molecule has 0 spiro atoms. The molecule has 0 aromatic heterocycles. The van der Waals surface area contributed by atoms with Crippen molar-refractivity contribution < 1.29 is 22.4 Å². The Labute approximate surface area is 224 Å². The van der Waals surface area contributed by atoms with E-state index in [1.165, 1.54) is 29.2 Å². The molecule has 2 unspecified atom stereocenters. The third kappa shape index (κ3) is 6.98. The van der Waals surface area contributed by atoms with Crippen LogP contribution in [0, 0.1) is 12.7 Å². The van der Waals surface area contributed by atoms with Gasteiger partial charge in [0.15, 0.2) is 0 Å². The van der Waals surface area contributed by atoms with Crippen molar-refractivity contribution in [2.24, 2.45) is 0 Å². The molecule has 7 nitrogen and oxygen atoms in total. The summed E-state index contributed by atoms with van der Waals surface area (Å²) in [7, 11) is -4.18. The maximum atomic E-state index is 13.9. The summed E-state index contributed by atoms with van der Waals surface area (Å²) in [6.07, 6.45) is 0.720. The highest BCUT2D eigenvalue weighted by Gasteiger charge is 2.32. The van der Waals surface area contributed by atoms with Crippen molar-refractivity contribution >= 4 is 27.5 Å². The number of carbonyl (C=O) groups excluding carboxylic acids is 2. The standard InChI is InChI=1S/C29H34FN3O4S/c1-5-22(3)31-29(35)23(4)32(19-24-12-10-9-11-21(24)2)28(34)20-33(26-17-15-25(30)16-18-26)38(36,37)27-13-7-6-8-14-27/h6-18,22-23H,5,19-20H2,1-4H3,(H,31,35). The minimum absolute atomic E-state index is 0.00913. The summed E-state index contributed by atoms with van der Waals surface area (Å²) >= 11 is 0. The molecular weight excluding hydrogens is 505 g/mol. The average molecular weight is 540 g/mol. The SMILES string of the molecule is CCC(C)NC(=O)C(C)N(Cc1ccccc1C)C(=O)CN(c1ccc(F)cc1)S(=O)(=O)c1ccccc1. The lowest BCUT2D eigenvalue weighted by Crippen LogP contribution is -2.52. The summed E-state index contributed by atoms with van der Waals surface area (Å²) in [6.45, 7) is 6.90. The lowest BCUT2D eigenvalue weighted by Gasteiger charge is -2.32. The van der Waals surface area contributed by atoms with Gasteiger partial charge in [-0.15, -0.1) is 0 Å². The molecule has 202 valence electrons. The molecule has 0 bridgehead atoms. The minimum atomic E-state index is -4.18. The molecule has 0 aliphatic carbocycles. The molecule has 3 aromatic carbocycles. The van der Waals surface area contributed by atoms with Crippen LogP contribution in [0.5, 0.6) is 0 Å². The maximum absolute atomic E-state index is 13.9. The molecule has 1 N–H and O–H groups in total. The van der Waals surface area contributed by atoms with E-state index in [0.717, 1.165) is 34.0 Å². The monoisotopic (exact) mass is 539 g/mol. The lowest BCUT2D eigenvalue weighted by molar-refractivity contribution is -0.139. The summed E-state index contributed by atoms with van der Waals surface area (Å²) in [4.78, 5) is 28.3. The first-order valence-corrected chi connectivity index (χ1v) is 14.0. The number of nitrogens with zero attached hydrogens (tertiary/aromatic N) is 2. The lowest BCUT2D eigenvalue weighted by atomic mass is 10.1. The quantitative estimate of drug-likeness (QED) is 0.384. The van der Waals surface area contributed by atoms with Crippen molar-refractivity contribution in [1.82, 2.24) is 10.2 Å². The predicted molar refractivity (Wildman–Crippen MR) is 146 cm³/mol. The normalized spacial score (nSPS) is 12.9. The minimum Gasteiger partial charge on any atom is -0.352 e. The molecule has 3 aromatic rings. The van der Waals surface area contributed by atoms with Crippen LogP contribution in [0.15, 0.2) is 83.8 Å². The Morgan fingerprint density at radius 2 is 1.53 bits per heavy atom. The average Bonchev–Trinajstić information content (AvgIpc) is 2.91. The molecule has 2 atom stereocenters. The number of sulfonamides is 1. The number of aryl methyl sites for hydroxylation is 1. The van der Waals surface area contributed by atoms with Crippen LogP contribution in [0.3, 0.4) is 0 Å². The molecule has 3 rings (SSSR count). The molecule has 2 amide bonds. The second kappa shape index (κ2) is 12.7. The third-order valence-corrected chi connectivity index (χ3v) is 8.28. The molecule has 0 aliphatic heterocycles. The first-order valence-electron chi connectivity index (χ1n) is 12.5. The van der Waals surface area contributed by atoms with Crippen molar-refractivity contribution in [2.45, 2.75) is 57.6 Å². The highest BCUT2D eigenvalue weighted by Crippen LogP contribution is 2.25. The number of nitrogens with one attached hydrogen (secondary N) is 1. The van der Waals surface area contributed by atoms with Crippen LogP contribution in [0.2, 0.25) is 0 Å². The third-order valence-electron chi connectivity index (χ3n) is 6.49. The van der Waals surface area contributed by atoms with Crippen molar-refractivity contribution in [3.63, 3.8) is 0 Å². The first-order chi connectivity index (χ1) is 18.0. The molecule has 0 saturated carbocycles. The van der Waals surface area contributed by atoms with Crippen LogP contribution in [0.4, 0.5) is 10.1 Å². The van der Waals surface area contributed by atoms with Gasteiger partial charge in [-0.1, -0.05) is 49.4 Å². The number of carbonyl (C=O) groups is 2. The van der Waals surface area contributed by atoms with Gasteiger partial charge in [0.1, 0.15) is 18.4 Å². The Bertz CT molecular complexity index is 1350. The van der Waals surface area contributed by atoms with Gasteiger partial charge in [0.2, 0.25) is 11.8 Å². The number of benzene rings is 3. The van der Waals surface area contributed by atoms with Gasteiger partial charge >= 0.3 is 0 Å². The zero-order valence-electron chi connectivity index (χ0n) is 22.1. The topological polar surface area (TPSA) is 86.8 Å². The Morgan fingerprint density at radius 1 is 0.921 bits per heavy atom. The number of rotatable bonds is 11. The first kappa shape index (κ1) is 28.8. The van der Waals surface area contributed by atoms with Crippen LogP contribution in [0.25, 0.3) is 0 Å². The molecule has 9 heteroatoms. The second-order valence-electron chi connectivity index (χ2n) is 9.24. The van der Waals surface area contributed by atoms with Crippen LogP contribution < -0.4 is 9.62 Å². The summed E-state index contributed by atoms with van der Waals surface area (Å²) < 4.78 is 42.0. The molecule has 0 heterocycles. The fourth-order valence-corrected chi connectivity index (χ4v) is 5.31. The van der Waals surface area contributed by atoms with Gasteiger partial charge < -0.3 is 10.2 Å². The van der Waals surface area contributed by atoms with Gasteiger partial charge in [-0.05, 0) is 74.7 Å². The molecule has 0 radical (unpaired) electrons. The van der Waals surface area contributed by atoms with E-state index in [4.69, 9.17) is 0 Å². The van der Waals surface area contributed by atoms with Gasteiger partial charge in [0, 0.05) is 12.6 Å². The van der Waals surface area contributed by atoms with Gasteiger partial charge in [0.25, 0.3) is 10.0 Å². The highest BCUT2D eigenvalue weighted by molar-refractivity contribution is 7.92. The van der Waals surface area contributed by atoms with Crippen molar-refractivity contribution in [2.75, 3.05) is 10.8 Å². The van der Waals surface area contributed by atoms with Crippen LogP contribution >= 0.6 is 0 Å². The number of anilines is 1. The highest BCUT2D eigenvalue weighted by atomic mass is 32.2. The summed E-state index contributed by atoms with van der Waals surface area (Å²) in [6, 6.07) is 19.2. The van der Waals surface area contributed by atoms with Gasteiger partial charge in [-0.3, -0.25) is 13.9 Å².